The van der Waals surface area contributed by atoms with Crippen LogP contribution in [0.2, 0.25) is 0 Å². The number of benzene rings is 1. The Morgan fingerprint density at radius 3 is 1.04 bits per heavy atom. The van der Waals surface area contributed by atoms with Gasteiger partial charge in [0.1, 0.15) is 0 Å². The molecule has 12 nitrogen and oxygen atoms in total. The van der Waals surface area contributed by atoms with Gasteiger partial charge in [-0.3, -0.25) is 14.7 Å². The molecule has 0 spiro atoms. The number of hydrogen-bond acceptors (Lipinski definition) is 10. The molecule has 5 N–H and O–H groups in total. The van der Waals surface area contributed by atoms with Gasteiger partial charge in [0.25, 0.3) is 0 Å². The first-order valence-corrected chi connectivity index (χ1v) is 16.1. The molecule has 2 aliphatic heterocycles. The van der Waals surface area contributed by atoms with Crippen molar-refractivity contribution in [2.24, 2.45) is 0 Å². The zero-order chi connectivity index (χ0) is 30.5. The maximum Gasteiger partial charge on any atom is 6.00 e. The first-order chi connectivity index (χ1) is 20.0. The third-order valence-electron chi connectivity index (χ3n) is 8.27. The first kappa shape index (κ1) is 47.9. The van der Waals surface area contributed by atoms with Crippen molar-refractivity contribution in [3.63, 3.8) is 0 Å². The summed E-state index contributed by atoms with van der Waals surface area (Å²) in [5.41, 5.74) is 2.56. The molecule has 1 aromatic rings. The molecule has 0 bridgehead atoms. The van der Waals surface area contributed by atoms with Gasteiger partial charge < -0.3 is 46.1 Å². The van der Waals surface area contributed by atoms with E-state index in [0.29, 0.717) is 26.2 Å². The van der Waals surface area contributed by atoms with E-state index in [1.807, 2.05) is 6.92 Å². The van der Waals surface area contributed by atoms with Crippen LogP contribution in [0.15, 0.2) is 24.3 Å². The molecule has 3 rings (SSSR count). The monoisotopic (exact) mass is 737 g/mol. The Labute approximate surface area is 299 Å². The molecule has 4 atom stereocenters. The topological polar surface area (TPSA) is 172 Å². The fraction of sp³-hybridized carbons (Fsp3) is 0.812. The molecule has 262 valence electrons. The molecule has 0 amide bonds. The summed E-state index contributed by atoms with van der Waals surface area (Å²) in [6.45, 7) is 21.5. The van der Waals surface area contributed by atoms with Gasteiger partial charge in [0.15, 0.2) is 0 Å². The van der Waals surface area contributed by atoms with Gasteiger partial charge in [0.05, 0.1) is 6.10 Å². The average Bonchev–Trinajstić information content (AvgIpc) is 3.04. The van der Waals surface area contributed by atoms with Crippen molar-refractivity contribution in [1.29, 1.82) is 0 Å². The second-order valence-electron chi connectivity index (χ2n) is 12.9. The third-order valence-corrected chi connectivity index (χ3v) is 8.27. The zero-order valence-electron chi connectivity index (χ0n) is 28.4. The maximum atomic E-state index is 12.0. The van der Waals surface area contributed by atoms with Crippen LogP contribution in [0.4, 0.5) is 0 Å². The summed E-state index contributed by atoms with van der Waals surface area (Å²) in [4.78, 5) is 14.1. The Morgan fingerprint density at radius 1 is 0.522 bits per heavy atom. The van der Waals surface area contributed by atoms with Gasteiger partial charge in [0, 0.05) is 98.2 Å². The molecule has 0 unspecified atom stereocenters. The molecule has 2 heterocycles. The number of β-amino-alcohol motifs (C(OH)–C–C–N with tert-alkyl or cyclic N) is 1. The summed E-state index contributed by atoms with van der Waals surface area (Å²) in [6, 6.07) is 8.87. The van der Waals surface area contributed by atoms with Gasteiger partial charge in [-0.15, -0.1) is 18.3 Å². The summed E-state index contributed by atoms with van der Waals surface area (Å²) >= 11 is 0. The van der Waals surface area contributed by atoms with E-state index >= 15 is 0 Å². The molecule has 2 aliphatic rings. The molecule has 2 fully saturated rings. The number of rotatable bonds is 12. The Hall–Kier alpha value is -0.221. The van der Waals surface area contributed by atoms with Gasteiger partial charge in [-0.25, -0.2) is 0 Å². The maximum absolute atomic E-state index is 12.0. The Kier molecular flexibility index (Phi) is 26.8. The van der Waals surface area contributed by atoms with E-state index in [1.165, 1.54) is 11.1 Å². The molecule has 0 aromatic heterocycles. The number of nitrogens with zero attached hydrogens (tertiary/aromatic N) is 6. The molecule has 14 heteroatoms. The van der Waals surface area contributed by atoms with Gasteiger partial charge in [0.2, 0.25) is 0 Å². The Bertz CT molecular complexity index is 782. The average molecular weight is 738 g/mol. The van der Waals surface area contributed by atoms with Crippen molar-refractivity contribution in [3.8, 4) is 0 Å². The smallest absolute Gasteiger partial charge is 0.851 e. The molecule has 46 heavy (non-hydrogen) atoms. The van der Waals surface area contributed by atoms with Crippen LogP contribution in [0.1, 0.15) is 38.8 Å². The third kappa shape index (κ3) is 19.7. The van der Waals surface area contributed by atoms with Crippen molar-refractivity contribution in [2.75, 3.05) is 105 Å². The van der Waals surface area contributed by atoms with Gasteiger partial charge in [-0.05, 0) is 37.7 Å². The number of aliphatic hydroxyl groups excluding tert-OH is 1. The molecule has 2 saturated heterocycles. The van der Waals surface area contributed by atoms with Crippen molar-refractivity contribution >= 4 is 0 Å². The quantitative estimate of drug-likeness (QED) is 0.212. The molecule has 1 aromatic carbocycles. The molecule has 0 aliphatic carbocycles. The SMILES string of the molecule is C[C@H]([O-])CN1CCN(Cc2cccc(CN3CCN(C[C@H](C)[O-])CCN(C[C@H](C)O)CC3)c2)CCN(C[C@H](C)[O-])CC1.O.O.[Fe+6].[Fe+6]. The number of aliphatic hydroxyl groups is 1. The van der Waals surface area contributed by atoms with Crippen molar-refractivity contribution in [3.05, 3.63) is 35.4 Å². The van der Waals surface area contributed by atoms with Crippen molar-refractivity contribution < 1.29 is 65.5 Å². The van der Waals surface area contributed by atoms with Crippen LogP contribution >= 0.6 is 0 Å². The van der Waals surface area contributed by atoms with E-state index in [0.717, 1.165) is 91.6 Å². The molecule has 0 radical (unpaired) electrons. The predicted molar refractivity (Wildman–Crippen MR) is 170 cm³/mol. The fourth-order valence-corrected chi connectivity index (χ4v) is 6.22. The molecular weight excluding hydrogens is 676 g/mol. The number of hydrogen-bond donors (Lipinski definition) is 1. The predicted octanol–water partition coefficient (Wildman–Crippen LogP) is -3.50. The van der Waals surface area contributed by atoms with E-state index < -0.39 is 18.3 Å². The summed E-state index contributed by atoms with van der Waals surface area (Å²) < 4.78 is 0. The fourth-order valence-electron chi connectivity index (χ4n) is 6.22. The van der Waals surface area contributed by atoms with E-state index in [9.17, 15) is 20.4 Å². The largest absolute Gasteiger partial charge is 6.00 e. The van der Waals surface area contributed by atoms with Crippen LogP contribution in [-0.4, -0.2) is 175 Å². The molecular formula is C32H61Fe2N6O6+9. The molecule has 0 saturated carbocycles. The first-order valence-electron chi connectivity index (χ1n) is 16.1. The van der Waals surface area contributed by atoms with Gasteiger partial charge in [-0.1, -0.05) is 45.0 Å². The standard InChI is InChI=1S/C32H57N6O4.2Fe.2H2O/c1-27(39)21-33-8-9-34(22-28(2)40)13-17-37(16-12-33)25-31-6-5-7-32(20-31)26-38-18-14-35(23-29(3)41)10-11-36(15-19-38)24-30(4)42;;;;/h5-7,20,27-30,39H,8-19,21-26H2,1-4H3;;;2*1H2/q-3;2*+6;;/t27-,28-,29-,30-;;;;/m0..../s1. The Morgan fingerprint density at radius 2 is 0.783 bits per heavy atom. The van der Waals surface area contributed by atoms with E-state index in [-0.39, 0.29) is 51.2 Å². The minimum atomic E-state index is -0.620. The van der Waals surface area contributed by atoms with Crippen LogP contribution in [0.25, 0.3) is 0 Å². The normalized spacial score (nSPS) is 21.6. The van der Waals surface area contributed by atoms with Crippen LogP contribution in [0, 0.1) is 0 Å². The van der Waals surface area contributed by atoms with E-state index in [2.05, 4.69) is 53.7 Å². The van der Waals surface area contributed by atoms with Gasteiger partial charge >= 0.3 is 34.1 Å². The summed E-state index contributed by atoms with van der Waals surface area (Å²) in [5, 5.41) is 45.9. The van der Waals surface area contributed by atoms with E-state index in [1.54, 1.807) is 20.8 Å². The zero-order valence-corrected chi connectivity index (χ0v) is 30.6. The van der Waals surface area contributed by atoms with Crippen molar-refractivity contribution in [1.82, 2.24) is 29.4 Å². The minimum Gasteiger partial charge on any atom is -0.851 e. The summed E-state index contributed by atoms with van der Waals surface area (Å²) in [6.07, 6.45) is -2.22. The Balaban J connectivity index is 0. The summed E-state index contributed by atoms with van der Waals surface area (Å²) in [5.74, 6) is 0. The minimum absolute atomic E-state index is 0. The van der Waals surface area contributed by atoms with Crippen LogP contribution in [-0.2, 0) is 47.2 Å². The van der Waals surface area contributed by atoms with E-state index in [4.69, 9.17) is 0 Å². The second kappa shape index (κ2) is 25.7. The van der Waals surface area contributed by atoms with Crippen LogP contribution in [0.3, 0.4) is 0 Å². The van der Waals surface area contributed by atoms with Crippen molar-refractivity contribution in [2.45, 2.75) is 65.2 Å². The van der Waals surface area contributed by atoms with Crippen LogP contribution < -0.4 is 15.3 Å². The second-order valence-corrected chi connectivity index (χ2v) is 12.9. The van der Waals surface area contributed by atoms with Gasteiger partial charge in [-0.2, -0.15) is 0 Å². The van der Waals surface area contributed by atoms with Crippen LogP contribution in [0.5, 0.6) is 0 Å². The summed E-state index contributed by atoms with van der Waals surface area (Å²) in [7, 11) is 0.